The van der Waals surface area contributed by atoms with Crippen molar-refractivity contribution in [1.29, 1.82) is 0 Å². The summed E-state index contributed by atoms with van der Waals surface area (Å²) < 4.78 is 13.1. The third kappa shape index (κ3) is 3.35. The molecular weight excluding hydrogens is 333 g/mol. The Morgan fingerprint density at radius 1 is 0.840 bits per heavy atom. The van der Waals surface area contributed by atoms with Crippen LogP contribution >= 0.6 is 11.6 Å². The second kappa shape index (κ2) is 6.81. The molecule has 0 saturated heterocycles. The second-order valence-electron chi connectivity index (χ2n) is 6.24. The van der Waals surface area contributed by atoms with E-state index in [4.69, 9.17) is 16.6 Å². The summed E-state index contributed by atoms with van der Waals surface area (Å²) in [5.41, 5.74) is 5.41. The van der Waals surface area contributed by atoms with E-state index in [0.717, 1.165) is 40.3 Å². The lowest BCUT2D eigenvalue weighted by Crippen LogP contribution is -1.96. The fraction of sp³-hybridized carbons (Fsp3) is 0.136. The van der Waals surface area contributed by atoms with Crippen LogP contribution in [0, 0.1) is 5.82 Å². The molecule has 3 heteroatoms. The molecule has 0 bridgehead atoms. The van der Waals surface area contributed by atoms with E-state index < -0.39 is 0 Å². The summed E-state index contributed by atoms with van der Waals surface area (Å²) in [5, 5.41) is 0.758. The van der Waals surface area contributed by atoms with E-state index in [9.17, 15) is 4.39 Å². The minimum atomic E-state index is -0.215. The predicted octanol–water partition coefficient (Wildman–Crippen LogP) is 6.47. The summed E-state index contributed by atoms with van der Waals surface area (Å²) in [4.78, 5) is 4.89. The molecule has 0 spiro atoms. The van der Waals surface area contributed by atoms with Crippen molar-refractivity contribution < 1.29 is 4.39 Å². The third-order valence-corrected chi connectivity index (χ3v) is 4.95. The molecule has 0 saturated carbocycles. The average molecular weight is 350 g/mol. The highest BCUT2D eigenvalue weighted by atomic mass is 35.5. The number of halogens is 2. The summed E-state index contributed by atoms with van der Waals surface area (Å²) in [6.07, 6.45) is 1.94. The normalized spacial score (nSPS) is 16.7. The fourth-order valence-electron chi connectivity index (χ4n) is 3.27. The largest absolute Gasteiger partial charge is 0.281 e. The summed E-state index contributed by atoms with van der Waals surface area (Å²) in [5.74, 6) is -0.215. The molecule has 0 radical (unpaired) electrons. The van der Waals surface area contributed by atoms with Crippen LogP contribution in [0.3, 0.4) is 0 Å². The molecule has 25 heavy (non-hydrogen) atoms. The van der Waals surface area contributed by atoms with Gasteiger partial charge in [0.2, 0.25) is 0 Å². The van der Waals surface area contributed by atoms with Crippen molar-refractivity contribution in [3.05, 3.63) is 94.8 Å². The first-order valence-corrected chi connectivity index (χ1v) is 8.76. The molecule has 1 aliphatic heterocycles. The molecule has 0 N–H and O–H groups in total. The Labute approximate surface area is 151 Å². The van der Waals surface area contributed by atoms with Crippen molar-refractivity contribution in [3.63, 3.8) is 0 Å². The van der Waals surface area contributed by atoms with Gasteiger partial charge in [-0.15, -0.1) is 0 Å². The van der Waals surface area contributed by atoms with E-state index in [2.05, 4.69) is 24.3 Å². The number of benzene rings is 3. The Balaban J connectivity index is 1.57. The summed E-state index contributed by atoms with van der Waals surface area (Å²) in [7, 11) is 0. The van der Waals surface area contributed by atoms with Crippen LogP contribution in [0.5, 0.6) is 0 Å². The molecule has 1 heterocycles. The Hall–Kier alpha value is -2.45. The van der Waals surface area contributed by atoms with Gasteiger partial charge in [0, 0.05) is 16.3 Å². The van der Waals surface area contributed by atoms with E-state index in [1.165, 1.54) is 17.7 Å². The van der Waals surface area contributed by atoms with E-state index in [1.54, 1.807) is 12.1 Å². The van der Waals surface area contributed by atoms with Crippen LogP contribution in [0.2, 0.25) is 5.02 Å². The molecule has 0 aliphatic carbocycles. The minimum absolute atomic E-state index is 0.175. The lowest BCUT2D eigenvalue weighted by molar-refractivity contribution is 0.628. The monoisotopic (exact) mass is 349 g/mol. The maximum atomic E-state index is 13.1. The molecule has 3 aromatic rings. The lowest BCUT2D eigenvalue weighted by Gasteiger charge is -2.08. The van der Waals surface area contributed by atoms with E-state index in [-0.39, 0.29) is 11.9 Å². The average Bonchev–Trinajstić information content (AvgIpc) is 3.13. The summed E-state index contributed by atoms with van der Waals surface area (Å²) in [6.45, 7) is 0. The van der Waals surface area contributed by atoms with Crippen molar-refractivity contribution in [2.45, 2.75) is 18.9 Å². The Morgan fingerprint density at radius 2 is 1.48 bits per heavy atom. The standard InChI is InChI=1S/C22H17ClFN/c23-20-4-2-1-3-19(20)22-14-13-21(25-22)17-7-5-15(6-8-17)16-9-11-18(24)12-10-16/h1-12,21H,13-14H2. The zero-order valence-electron chi connectivity index (χ0n) is 13.6. The molecule has 1 atom stereocenters. The van der Waals surface area contributed by atoms with Crippen molar-refractivity contribution >= 4 is 17.3 Å². The fourth-order valence-corrected chi connectivity index (χ4v) is 3.52. The summed E-state index contributed by atoms with van der Waals surface area (Å²) >= 11 is 6.29. The van der Waals surface area contributed by atoms with Crippen LogP contribution in [-0.4, -0.2) is 5.71 Å². The highest BCUT2D eigenvalue weighted by Gasteiger charge is 2.21. The van der Waals surface area contributed by atoms with Gasteiger partial charge in [-0.2, -0.15) is 0 Å². The molecule has 0 fully saturated rings. The number of hydrogen-bond acceptors (Lipinski definition) is 1. The van der Waals surface area contributed by atoms with Gasteiger partial charge in [-0.05, 0) is 47.7 Å². The predicted molar refractivity (Wildman–Crippen MR) is 102 cm³/mol. The maximum absolute atomic E-state index is 13.1. The molecule has 1 unspecified atom stereocenters. The minimum Gasteiger partial charge on any atom is -0.281 e. The quantitative estimate of drug-likeness (QED) is 0.513. The van der Waals surface area contributed by atoms with Gasteiger partial charge in [0.1, 0.15) is 5.82 Å². The molecule has 4 rings (SSSR count). The van der Waals surface area contributed by atoms with Crippen molar-refractivity contribution in [1.82, 2.24) is 0 Å². The van der Waals surface area contributed by atoms with Gasteiger partial charge in [-0.1, -0.05) is 66.2 Å². The first kappa shape index (κ1) is 16.0. The number of hydrogen-bond donors (Lipinski definition) is 0. The van der Waals surface area contributed by atoms with Crippen LogP contribution in [0.4, 0.5) is 4.39 Å². The van der Waals surface area contributed by atoms with Crippen molar-refractivity contribution in [3.8, 4) is 11.1 Å². The van der Waals surface area contributed by atoms with E-state index in [1.807, 2.05) is 24.3 Å². The van der Waals surface area contributed by atoms with E-state index in [0.29, 0.717) is 0 Å². The van der Waals surface area contributed by atoms with Gasteiger partial charge in [-0.25, -0.2) is 4.39 Å². The summed E-state index contributed by atoms with van der Waals surface area (Å²) in [6, 6.07) is 23.0. The van der Waals surface area contributed by atoms with Gasteiger partial charge in [0.15, 0.2) is 0 Å². The molecular formula is C22H17ClFN. The molecule has 0 amide bonds. The first-order chi connectivity index (χ1) is 12.2. The first-order valence-electron chi connectivity index (χ1n) is 8.38. The van der Waals surface area contributed by atoms with Gasteiger partial charge < -0.3 is 0 Å². The van der Waals surface area contributed by atoms with Crippen LogP contribution in [0.1, 0.15) is 30.0 Å². The van der Waals surface area contributed by atoms with Gasteiger partial charge in [-0.3, -0.25) is 4.99 Å². The van der Waals surface area contributed by atoms with Gasteiger partial charge in [0.05, 0.1) is 6.04 Å². The molecule has 0 aromatic heterocycles. The Bertz CT molecular complexity index is 914. The van der Waals surface area contributed by atoms with Gasteiger partial charge in [0.25, 0.3) is 0 Å². The number of aliphatic imine (C=N–C) groups is 1. The molecule has 3 aromatic carbocycles. The third-order valence-electron chi connectivity index (χ3n) is 4.62. The van der Waals surface area contributed by atoms with Crippen LogP contribution in [0.15, 0.2) is 77.8 Å². The maximum Gasteiger partial charge on any atom is 0.123 e. The van der Waals surface area contributed by atoms with Crippen molar-refractivity contribution in [2.24, 2.45) is 4.99 Å². The zero-order valence-corrected chi connectivity index (χ0v) is 14.4. The lowest BCUT2D eigenvalue weighted by atomic mass is 9.99. The Morgan fingerprint density at radius 3 is 2.16 bits per heavy atom. The highest BCUT2D eigenvalue weighted by molar-refractivity contribution is 6.34. The molecule has 1 nitrogen and oxygen atoms in total. The molecule has 124 valence electrons. The topological polar surface area (TPSA) is 12.4 Å². The Kier molecular flexibility index (Phi) is 4.37. The molecule has 1 aliphatic rings. The number of nitrogens with zero attached hydrogens (tertiary/aromatic N) is 1. The number of rotatable bonds is 3. The second-order valence-corrected chi connectivity index (χ2v) is 6.65. The van der Waals surface area contributed by atoms with Crippen LogP contribution < -0.4 is 0 Å². The smallest absolute Gasteiger partial charge is 0.123 e. The van der Waals surface area contributed by atoms with Crippen LogP contribution in [-0.2, 0) is 0 Å². The van der Waals surface area contributed by atoms with Crippen LogP contribution in [0.25, 0.3) is 11.1 Å². The van der Waals surface area contributed by atoms with Gasteiger partial charge >= 0.3 is 0 Å². The zero-order chi connectivity index (χ0) is 17.2. The van der Waals surface area contributed by atoms with E-state index >= 15 is 0 Å². The van der Waals surface area contributed by atoms with Crippen molar-refractivity contribution in [2.75, 3.05) is 0 Å². The SMILES string of the molecule is Fc1ccc(-c2ccc(C3CCC(c4ccccc4Cl)=N3)cc2)cc1. The highest BCUT2D eigenvalue weighted by Crippen LogP contribution is 2.33.